The van der Waals surface area contributed by atoms with Crippen LogP contribution in [0.25, 0.3) is 0 Å². The SMILES string of the molecule is O.O=S(=O)([O-])c1cc(S(=O)(=O)[O-])c(O)cc1O.[Ca+2]. The molecule has 0 unspecified atom stereocenters. The van der Waals surface area contributed by atoms with Crippen molar-refractivity contribution in [1.82, 2.24) is 0 Å². The summed E-state index contributed by atoms with van der Waals surface area (Å²) >= 11 is 0. The van der Waals surface area contributed by atoms with Crippen molar-refractivity contribution >= 4 is 58.0 Å². The molecule has 0 amide bonds. The van der Waals surface area contributed by atoms with E-state index >= 15 is 0 Å². The van der Waals surface area contributed by atoms with Gasteiger partial charge in [0.05, 0.1) is 9.79 Å². The standard InChI is InChI=1S/C6H6O8S2.Ca.H2O/c7-3-1-4(8)6(16(12,13)14)2-5(3)15(9,10)11;;/h1-2,7-8H,(H,9,10,11)(H,12,13,14);;1H2/q;+2;/p-2. The number of hydrogen-bond acceptors (Lipinski definition) is 8. The van der Waals surface area contributed by atoms with E-state index in [4.69, 9.17) is 10.2 Å². The summed E-state index contributed by atoms with van der Waals surface area (Å²) in [6, 6.07) is 0.394. The Labute approximate surface area is 132 Å². The molecule has 0 heterocycles. The van der Waals surface area contributed by atoms with Crippen molar-refractivity contribution in [3.63, 3.8) is 0 Å². The molecule has 1 rings (SSSR count). The summed E-state index contributed by atoms with van der Waals surface area (Å²) < 4.78 is 63.3. The smallest absolute Gasteiger partial charge is 0.744 e. The zero-order chi connectivity index (χ0) is 12.7. The topological polar surface area (TPSA) is 186 Å². The largest absolute Gasteiger partial charge is 2.00 e. The van der Waals surface area contributed by atoms with Gasteiger partial charge in [-0.2, -0.15) is 0 Å². The van der Waals surface area contributed by atoms with Gasteiger partial charge in [-0.25, -0.2) is 16.8 Å². The molecular weight excluding hydrogens is 320 g/mol. The summed E-state index contributed by atoms with van der Waals surface area (Å²) in [6.07, 6.45) is 0. The predicted molar refractivity (Wildman–Crippen MR) is 55.1 cm³/mol. The predicted octanol–water partition coefficient (Wildman–Crippen LogP) is -2.30. The van der Waals surface area contributed by atoms with Crippen molar-refractivity contribution in [2.45, 2.75) is 9.79 Å². The molecule has 9 nitrogen and oxygen atoms in total. The molecule has 1 aromatic rings. The minimum atomic E-state index is -5.15. The van der Waals surface area contributed by atoms with Gasteiger partial charge in [-0.3, -0.25) is 0 Å². The molecule has 0 fully saturated rings. The molecule has 0 aromatic heterocycles. The maximum absolute atomic E-state index is 10.6. The molecule has 0 aliphatic heterocycles. The van der Waals surface area contributed by atoms with Crippen LogP contribution in [-0.4, -0.2) is 79.4 Å². The van der Waals surface area contributed by atoms with Gasteiger partial charge in [-0.1, -0.05) is 0 Å². The van der Waals surface area contributed by atoms with Gasteiger partial charge >= 0.3 is 37.7 Å². The van der Waals surface area contributed by atoms with Gasteiger partial charge in [0, 0.05) is 6.07 Å². The molecule has 4 N–H and O–H groups in total. The fourth-order valence-corrected chi connectivity index (χ4v) is 2.17. The number of hydrogen-bond donors (Lipinski definition) is 2. The van der Waals surface area contributed by atoms with E-state index in [0.717, 1.165) is 0 Å². The first-order valence-electron chi connectivity index (χ1n) is 3.51. The fourth-order valence-electron chi connectivity index (χ4n) is 0.939. The first-order chi connectivity index (χ1) is 7.03. The van der Waals surface area contributed by atoms with Crippen molar-refractivity contribution < 1.29 is 41.6 Å². The second-order valence-electron chi connectivity index (χ2n) is 2.70. The van der Waals surface area contributed by atoms with E-state index in [0.29, 0.717) is 0 Å². The Hall–Kier alpha value is -0.140. The molecule has 0 bridgehead atoms. The van der Waals surface area contributed by atoms with Gasteiger partial charge < -0.3 is 24.8 Å². The molecule has 98 valence electrons. The molecule has 0 saturated carbocycles. The molecule has 0 aliphatic rings. The summed E-state index contributed by atoms with van der Waals surface area (Å²) in [5.41, 5.74) is 0. The molecular formula is C6H6CaO9S2. The van der Waals surface area contributed by atoms with Crippen molar-refractivity contribution in [3.05, 3.63) is 12.1 Å². The minimum Gasteiger partial charge on any atom is -0.744 e. The monoisotopic (exact) mass is 326 g/mol. The minimum absolute atomic E-state index is 0. The van der Waals surface area contributed by atoms with Gasteiger partial charge in [-0.05, 0) is 6.07 Å². The molecule has 0 aliphatic carbocycles. The third-order valence-corrected chi connectivity index (χ3v) is 3.31. The number of phenolic OH excluding ortho intramolecular Hbond substituents is 2. The maximum atomic E-state index is 10.6. The van der Waals surface area contributed by atoms with E-state index in [1.54, 1.807) is 0 Å². The third kappa shape index (κ3) is 4.51. The molecule has 0 atom stereocenters. The van der Waals surface area contributed by atoms with E-state index < -0.39 is 41.5 Å². The Morgan fingerprint density at radius 2 is 1.11 bits per heavy atom. The van der Waals surface area contributed by atoms with E-state index in [2.05, 4.69) is 0 Å². The maximum Gasteiger partial charge on any atom is 2.00 e. The number of aromatic hydroxyl groups is 2. The van der Waals surface area contributed by atoms with Crippen LogP contribution in [0.15, 0.2) is 21.9 Å². The van der Waals surface area contributed by atoms with Crippen molar-refractivity contribution in [3.8, 4) is 11.5 Å². The van der Waals surface area contributed by atoms with E-state index in [9.17, 15) is 25.9 Å². The van der Waals surface area contributed by atoms with Crippen LogP contribution in [0.1, 0.15) is 0 Å². The van der Waals surface area contributed by atoms with E-state index in [-0.39, 0.29) is 55.3 Å². The van der Waals surface area contributed by atoms with Crippen LogP contribution in [-0.2, 0) is 20.2 Å². The van der Waals surface area contributed by atoms with E-state index in [1.165, 1.54) is 0 Å². The Morgan fingerprint density at radius 1 is 0.833 bits per heavy atom. The van der Waals surface area contributed by atoms with Crippen molar-refractivity contribution in [2.75, 3.05) is 0 Å². The molecule has 0 saturated heterocycles. The Morgan fingerprint density at radius 3 is 1.33 bits per heavy atom. The normalized spacial score (nSPS) is 11.2. The van der Waals surface area contributed by atoms with Crippen LogP contribution in [0.5, 0.6) is 11.5 Å². The average Bonchev–Trinajstić information content (AvgIpc) is 1.97. The summed E-state index contributed by atoms with van der Waals surface area (Å²) in [5.74, 6) is -2.28. The molecule has 0 radical (unpaired) electrons. The second-order valence-corrected chi connectivity index (χ2v) is 5.39. The van der Waals surface area contributed by atoms with Crippen molar-refractivity contribution in [2.24, 2.45) is 0 Å². The van der Waals surface area contributed by atoms with Gasteiger partial charge in [0.1, 0.15) is 31.7 Å². The molecule has 18 heavy (non-hydrogen) atoms. The van der Waals surface area contributed by atoms with Crippen LogP contribution in [0.3, 0.4) is 0 Å². The van der Waals surface area contributed by atoms with E-state index in [1.807, 2.05) is 0 Å². The number of rotatable bonds is 2. The van der Waals surface area contributed by atoms with Crippen LogP contribution in [0.4, 0.5) is 0 Å². The van der Waals surface area contributed by atoms with Crippen LogP contribution in [0.2, 0.25) is 0 Å². The van der Waals surface area contributed by atoms with Crippen LogP contribution in [0, 0.1) is 0 Å². The summed E-state index contributed by atoms with van der Waals surface area (Å²) in [7, 11) is -10.3. The van der Waals surface area contributed by atoms with Gasteiger partial charge in [0.2, 0.25) is 0 Å². The molecule has 12 heteroatoms. The van der Waals surface area contributed by atoms with Crippen LogP contribution < -0.4 is 0 Å². The quantitative estimate of drug-likeness (QED) is 0.448. The van der Waals surface area contributed by atoms with Crippen molar-refractivity contribution in [1.29, 1.82) is 0 Å². The summed E-state index contributed by atoms with van der Waals surface area (Å²) in [4.78, 5) is -2.58. The summed E-state index contributed by atoms with van der Waals surface area (Å²) in [5, 5.41) is 18.0. The summed E-state index contributed by atoms with van der Waals surface area (Å²) in [6.45, 7) is 0. The first kappa shape index (κ1) is 20.2. The zero-order valence-corrected chi connectivity index (χ0v) is 12.4. The molecule has 1 aromatic carbocycles. The zero-order valence-electron chi connectivity index (χ0n) is 8.52. The average molecular weight is 326 g/mol. The Bertz CT molecular complexity index is 580. The fraction of sp³-hybridized carbons (Fsp3) is 0. The van der Waals surface area contributed by atoms with Gasteiger partial charge in [-0.15, -0.1) is 0 Å². The third-order valence-electron chi connectivity index (χ3n) is 1.58. The second kappa shape index (κ2) is 6.34. The molecule has 0 spiro atoms. The van der Waals surface area contributed by atoms with Crippen LogP contribution >= 0.6 is 0 Å². The first-order valence-corrected chi connectivity index (χ1v) is 6.33. The number of benzene rings is 1. The van der Waals surface area contributed by atoms with Gasteiger partial charge in [0.15, 0.2) is 0 Å². The Kier molecular flexibility index (Phi) is 7.11. The van der Waals surface area contributed by atoms with Gasteiger partial charge in [0.25, 0.3) is 0 Å². The number of phenols is 2. The Balaban J connectivity index is 0.